The summed E-state index contributed by atoms with van der Waals surface area (Å²) in [5.74, 6) is 0.107. The zero-order chi connectivity index (χ0) is 17.9. The molecule has 0 atom stereocenters. The van der Waals surface area contributed by atoms with Crippen LogP contribution in [0.15, 0.2) is 36.4 Å². The third-order valence-corrected chi connectivity index (χ3v) is 3.67. The van der Waals surface area contributed by atoms with Crippen LogP contribution in [0, 0.1) is 0 Å². The highest BCUT2D eigenvalue weighted by molar-refractivity contribution is 5.92. The summed E-state index contributed by atoms with van der Waals surface area (Å²) < 4.78 is 42.8. The Kier molecular flexibility index (Phi) is 4.84. The second kappa shape index (κ2) is 7.06. The molecule has 6 nitrogen and oxygen atoms in total. The van der Waals surface area contributed by atoms with Crippen LogP contribution >= 0.6 is 0 Å². The Hall–Kier alpha value is -2.68. The molecule has 0 saturated carbocycles. The number of hydrogen-bond acceptors (Lipinski definition) is 5. The van der Waals surface area contributed by atoms with Crippen LogP contribution in [0.4, 0.5) is 24.7 Å². The standard InChI is InChI=1S/C16H15F3N4O2/c17-16(18,19)11-1-3-12(4-2-11)20-14-6-5-13(21-22-14)15(24)23-7-9-25-10-8-23/h1-6H,7-10H2,(H,20,22). The van der Waals surface area contributed by atoms with Crippen LogP contribution in [0.5, 0.6) is 0 Å². The van der Waals surface area contributed by atoms with Crippen LogP contribution in [0.2, 0.25) is 0 Å². The molecule has 1 saturated heterocycles. The van der Waals surface area contributed by atoms with Gasteiger partial charge in [-0.3, -0.25) is 4.79 Å². The first-order valence-electron chi connectivity index (χ1n) is 7.58. The van der Waals surface area contributed by atoms with Crippen LogP contribution in [0.25, 0.3) is 0 Å². The first-order valence-corrected chi connectivity index (χ1v) is 7.58. The number of nitrogens with zero attached hydrogens (tertiary/aromatic N) is 3. The molecule has 1 aromatic carbocycles. The van der Waals surface area contributed by atoms with Crippen molar-refractivity contribution in [2.75, 3.05) is 31.6 Å². The summed E-state index contributed by atoms with van der Waals surface area (Å²) in [6.07, 6.45) is -4.38. The third-order valence-electron chi connectivity index (χ3n) is 3.67. The lowest BCUT2D eigenvalue weighted by Crippen LogP contribution is -2.41. The average molecular weight is 352 g/mol. The number of hydrogen-bond donors (Lipinski definition) is 1. The number of halogens is 3. The van der Waals surface area contributed by atoms with Crippen LogP contribution in [0.1, 0.15) is 16.1 Å². The molecule has 0 aliphatic carbocycles. The number of amides is 1. The molecule has 1 aromatic heterocycles. The summed E-state index contributed by atoms with van der Waals surface area (Å²) in [5, 5.41) is 10.6. The maximum atomic E-state index is 12.5. The van der Waals surface area contributed by atoms with E-state index in [0.717, 1.165) is 12.1 Å². The van der Waals surface area contributed by atoms with E-state index in [4.69, 9.17) is 4.74 Å². The topological polar surface area (TPSA) is 67.4 Å². The number of carbonyl (C=O) groups is 1. The summed E-state index contributed by atoms with van der Waals surface area (Å²) in [6.45, 7) is 2.00. The van der Waals surface area contributed by atoms with Crippen molar-refractivity contribution in [3.05, 3.63) is 47.7 Å². The molecular weight excluding hydrogens is 337 g/mol. The molecule has 2 aromatic rings. The van der Waals surface area contributed by atoms with Crippen molar-refractivity contribution >= 4 is 17.4 Å². The first-order chi connectivity index (χ1) is 11.9. The maximum absolute atomic E-state index is 12.5. The Bertz CT molecular complexity index is 727. The predicted octanol–water partition coefficient (Wildman–Crippen LogP) is 2.71. The monoisotopic (exact) mass is 352 g/mol. The Morgan fingerprint density at radius 2 is 1.72 bits per heavy atom. The fourth-order valence-electron chi connectivity index (χ4n) is 2.33. The molecular formula is C16H15F3N4O2. The van der Waals surface area contributed by atoms with Crippen molar-refractivity contribution in [2.24, 2.45) is 0 Å². The lowest BCUT2D eigenvalue weighted by Gasteiger charge is -2.26. The van der Waals surface area contributed by atoms with Crippen molar-refractivity contribution in [3.8, 4) is 0 Å². The van der Waals surface area contributed by atoms with E-state index < -0.39 is 11.7 Å². The summed E-state index contributed by atoms with van der Waals surface area (Å²) in [6, 6.07) is 7.64. The molecule has 0 bridgehead atoms. The normalized spacial score (nSPS) is 15.1. The Labute approximate surface area is 141 Å². The number of aromatic nitrogens is 2. The molecule has 1 fully saturated rings. The van der Waals surface area contributed by atoms with Gasteiger partial charge in [-0.1, -0.05) is 0 Å². The van der Waals surface area contributed by atoms with Gasteiger partial charge >= 0.3 is 6.18 Å². The van der Waals surface area contributed by atoms with E-state index >= 15 is 0 Å². The van der Waals surface area contributed by atoms with Crippen LogP contribution in [-0.4, -0.2) is 47.3 Å². The van der Waals surface area contributed by atoms with E-state index in [9.17, 15) is 18.0 Å². The summed E-state index contributed by atoms with van der Waals surface area (Å²) in [5.41, 5.74) is -0.0787. The quantitative estimate of drug-likeness (QED) is 0.920. The van der Waals surface area contributed by atoms with E-state index in [0.29, 0.717) is 37.8 Å². The molecule has 0 radical (unpaired) electrons. The van der Waals surface area contributed by atoms with Gasteiger partial charge in [0, 0.05) is 18.8 Å². The number of nitrogens with one attached hydrogen (secondary N) is 1. The summed E-state index contributed by atoms with van der Waals surface area (Å²) in [7, 11) is 0. The SMILES string of the molecule is O=C(c1ccc(Nc2ccc(C(F)(F)F)cc2)nn1)N1CCOCC1. The number of anilines is 2. The Balaban J connectivity index is 1.65. The number of alkyl halides is 3. The van der Waals surface area contributed by atoms with Crippen LogP contribution in [0.3, 0.4) is 0 Å². The van der Waals surface area contributed by atoms with Crippen molar-refractivity contribution in [2.45, 2.75) is 6.18 Å². The number of ether oxygens (including phenoxy) is 1. The Morgan fingerprint density at radius 1 is 1.04 bits per heavy atom. The molecule has 0 spiro atoms. The number of rotatable bonds is 3. The lowest BCUT2D eigenvalue weighted by atomic mass is 10.2. The third kappa shape index (κ3) is 4.24. The average Bonchev–Trinajstić information content (AvgIpc) is 2.62. The van der Waals surface area contributed by atoms with Gasteiger partial charge in [0.1, 0.15) is 0 Å². The molecule has 1 aliphatic rings. The molecule has 0 unspecified atom stereocenters. The molecule has 1 N–H and O–H groups in total. The zero-order valence-corrected chi connectivity index (χ0v) is 13.1. The molecule has 1 amide bonds. The molecule has 25 heavy (non-hydrogen) atoms. The van der Waals surface area contributed by atoms with Crippen LogP contribution < -0.4 is 5.32 Å². The number of carbonyl (C=O) groups excluding carboxylic acids is 1. The fourth-order valence-corrected chi connectivity index (χ4v) is 2.33. The van der Waals surface area contributed by atoms with E-state index in [2.05, 4.69) is 15.5 Å². The van der Waals surface area contributed by atoms with Crippen molar-refractivity contribution in [1.82, 2.24) is 15.1 Å². The van der Waals surface area contributed by atoms with Crippen molar-refractivity contribution < 1.29 is 22.7 Å². The van der Waals surface area contributed by atoms with Crippen molar-refractivity contribution in [3.63, 3.8) is 0 Å². The smallest absolute Gasteiger partial charge is 0.378 e. The van der Waals surface area contributed by atoms with Gasteiger partial charge < -0.3 is 15.0 Å². The van der Waals surface area contributed by atoms with Crippen LogP contribution in [-0.2, 0) is 10.9 Å². The number of benzene rings is 1. The van der Waals surface area contributed by atoms with E-state index in [1.807, 2.05) is 0 Å². The summed E-state index contributed by atoms with van der Waals surface area (Å²) >= 11 is 0. The van der Waals surface area contributed by atoms with Gasteiger partial charge in [-0.25, -0.2) is 0 Å². The van der Waals surface area contributed by atoms with E-state index in [-0.39, 0.29) is 11.6 Å². The highest BCUT2D eigenvalue weighted by Gasteiger charge is 2.29. The van der Waals surface area contributed by atoms with Gasteiger partial charge in [0.2, 0.25) is 0 Å². The number of morpholine rings is 1. The van der Waals surface area contributed by atoms with Gasteiger partial charge in [0.15, 0.2) is 11.5 Å². The summed E-state index contributed by atoms with van der Waals surface area (Å²) in [4.78, 5) is 13.9. The highest BCUT2D eigenvalue weighted by Crippen LogP contribution is 2.30. The predicted molar refractivity (Wildman–Crippen MR) is 83.5 cm³/mol. The lowest BCUT2D eigenvalue weighted by molar-refractivity contribution is -0.137. The minimum atomic E-state index is -4.38. The van der Waals surface area contributed by atoms with Gasteiger partial charge in [0.25, 0.3) is 5.91 Å². The molecule has 9 heteroatoms. The maximum Gasteiger partial charge on any atom is 0.416 e. The van der Waals surface area contributed by atoms with Gasteiger partial charge in [-0.05, 0) is 36.4 Å². The second-order valence-electron chi connectivity index (χ2n) is 5.41. The fraction of sp³-hybridized carbons (Fsp3) is 0.312. The van der Waals surface area contributed by atoms with Gasteiger partial charge in [-0.2, -0.15) is 13.2 Å². The molecule has 3 rings (SSSR count). The zero-order valence-electron chi connectivity index (χ0n) is 13.1. The van der Waals surface area contributed by atoms with Crippen molar-refractivity contribution in [1.29, 1.82) is 0 Å². The highest BCUT2D eigenvalue weighted by atomic mass is 19.4. The van der Waals surface area contributed by atoms with E-state index in [1.54, 1.807) is 11.0 Å². The first kappa shape index (κ1) is 17.2. The molecule has 132 valence electrons. The van der Waals surface area contributed by atoms with Gasteiger partial charge in [-0.15, -0.1) is 10.2 Å². The second-order valence-corrected chi connectivity index (χ2v) is 5.41. The van der Waals surface area contributed by atoms with Gasteiger partial charge in [0.05, 0.1) is 18.8 Å². The largest absolute Gasteiger partial charge is 0.416 e. The minimum Gasteiger partial charge on any atom is -0.378 e. The van der Waals surface area contributed by atoms with E-state index in [1.165, 1.54) is 18.2 Å². The molecule has 1 aliphatic heterocycles. The minimum absolute atomic E-state index is 0.208. The Morgan fingerprint density at radius 3 is 2.28 bits per heavy atom. The molecule has 2 heterocycles.